The molecule has 1 aliphatic heterocycles. The molecule has 40 heavy (non-hydrogen) atoms. The minimum absolute atomic E-state index is 0.0330. The number of likely N-dealkylation sites (tertiary alicyclic amines) is 1. The van der Waals surface area contributed by atoms with Crippen molar-refractivity contribution in [1.29, 1.82) is 0 Å². The molecule has 1 unspecified atom stereocenters. The number of carbonyl (C=O) groups is 3. The van der Waals surface area contributed by atoms with Crippen molar-refractivity contribution in [1.82, 2.24) is 20.5 Å². The number of benzene rings is 2. The van der Waals surface area contributed by atoms with E-state index in [4.69, 9.17) is 9.40 Å². The molecule has 1 aliphatic rings. The monoisotopic (exact) mass is 540 g/mol. The first-order chi connectivity index (χ1) is 19.3. The van der Waals surface area contributed by atoms with Crippen molar-refractivity contribution in [2.45, 2.75) is 58.7 Å². The summed E-state index contributed by atoms with van der Waals surface area (Å²) in [5, 5.41) is 7.76. The van der Waals surface area contributed by atoms with Gasteiger partial charge in [0.1, 0.15) is 11.6 Å². The first-order valence-electron chi connectivity index (χ1n) is 14.0. The van der Waals surface area contributed by atoms with Crippen LogP contribution in [0.25, 0.3) is 21.9 Å². The van der Waals surface area contributed by atoms with Gasteiger partial charge in [0.15, 0.2) is 11.5 Å². The Bertz CT molecular complexity index is 1540. The number of aromatic nitrogens is 1. The number of hydrogen-bond donors (Lipinski definition) is 2. The van der Waals surface area contributed by atoms with Crippen LogP contribution in [-0.4, -0.2) is 52.7 Å². The Morgan fingerprint density at radius 3 is 2.65 bits per heavy atom. The van der Waals surface area contributed by atoms with E-state index in [1.165, 1.54) is 0 Å². The van der Waals surface area contributed by atoms with Crippen LogP contribution in [0.2, 0.25) is 0 Å². The van der Waals surface area contributed by atoms with E-state index >= 15 is 0 Å². The number of fused-ring (bicyclic) bond motifs is 2. The van der Waals surface area contributed by atoms with Crippen molar-refractivity contribution >= 4 is 39.5 Å². The second kappa shape index (κ2) is 12.0. The van der Waals surface area contributed by atoms with E-state index in [9.17, 15) is 14.4 Å². The molecule has 3 heterocycles. The van der Waals surface area contributed by atoms with Gasteiger partial charge in [-0.2, -0.15) is 0 Å². The number of nitrogens with zero attached hydrogens (tertiary/aromatic N) is 2. The number of nitrogens with one attached hydrogen (secondary N) is 2. The number of carbonyl (C=O) groups excluding carboxylic acids is 3. The maximum Gasteiger partial charge on any atom is 0.287 e. The van der Waals surface area contributed by atoms with Crippen molar-refractivity contribution in [3.8, 4) is 0 Å². The lowest BCUT2D eigenvalue weighted by Gasteiger charge is -2.23. The van der Waals surface area contributed by atoms with Gasteiger partial charge < -0.3 is 15.1 Å². The molecule has 2 N–H and O–H groups in total. The summed E-state index contributed by atoms with van der Waals surface area (Å²) in [5.74, 6) is -0.460. The molecule has 2 amide bonds. The van der Waals surface area contributed by atoms with Crippen LogP contribution in [0.3, 0.4) is 0 Å². The lowest BCUT2D eigenvalue weighted by molar-refractivity contribution is -0.129. The van der Waals surface area contributed by atoms with E-state index in [1.54, 1.807) is 0 Å². The van der Waals surface area contributed by atoms with E-state index in [0.717, 1.165) is 40.5 Å². The predicted octanol–water partition coefficient (Wildman–Crippen LogP) is 4.78. The topological polar surface area (TPSA) is 105 Å². The van der Waals surface area contributed by atoms with Gasteiger partial charge in [-0.3, -0.25) is 24.3 Å². The molecule has 0 spiro atoms. The van der Waals surface area contributed by atoms with Gasteiger partial charge in [-0.15, -0.1) is 0 Å². The lowest BCUT2D eigenvalue weighted by Crippen LogP contribution is -2.52. The predicted molar refractivity (Wildman–Crippen MR) is 155 cm³/mol. The third kappa shape index (κ3) is 6.23. The molecule has 0 bridgehead atoms. The van der Waals surface area contributed by atoms with Gasteiger partial charge in [0.05, 0.1) is 23.8 Å². The maximum absolute atomic E-state index is 13.4. The Balaban J connectivity index is 1.23. The fourth-order valence-electron chi connectivity index (χ4n) is 5.39. The second-order valence-electron chi connectivity index (χ2n) is 11.1. The molecule has 2 atom stereocenters. The molecule has 2 aromatic carbocycles. The number of pyridine rings is 1. The first-order valence-corrected chi connectivity index (χ1v) is 14.0. The van der Waals surface area contributed by atoms with Crippen molar-refractivity contribution in [2.75, 3.05) is 13.1 Å². The van der Waals surface area contributed by atoms with Crippen LogP contribution in [0.4, 0.5) is 0 Å². The number of amides is 2. The highest BCUT2D eigenvalue weighted by Gasteiger charge is 2.31. The first kappa shape index (κ1) is 27.5. The van der Waals surface area contributed by atoms with Gasteiger partial charge in [-0.1, -0.05) is 56.3 Å². The Kier molecular flexibility index (Phi) is 8.26. The van der Waals surface area contributed by atoms with Gasteiger partial charge in [0.2, 0.25) is 5.91 Å². The zero-order valence-electron chi connectivity index (χ0n) is 23.3. The van der Waals surface area contributed by atoms with Crippen molar-refractivity contribution in [3.05, 3.63) is 77.7 Å². The largest absolute Gasteiger partial charge is 0.451 e. The Morgan fingerprint density at radius 1 is 1.07 bits per heavy atom. The van der Waals surface area contributed by atoms with Crippen LogP contribution in [0.5, 0.6) is 0 Å². The number of ketones is 1. The Hall–Kier alpha value is -4.04. The quantitative estimate of drug-likeness (QED) is 0.333. The third-order valence-corrected chi connectivity index (χ3v) is 7.47. The zero-order chi connectivity index (χ0) is 28.2. The molecule has 208 valence electrons. The summed E-state index contributed by atoms with van der Waals surface area (Å²) >= 11 is 0. The fourth-order valence-corrected chi connectivity index (χ4v) is 5.39. The molecule has 0 aliphatic carbocycles. The minimum Gasteiger partial charge on any atom is -0.451 e. The molecule has 8 heteroatoms. The Labute approximate surface area is 234 Å². The fraction of sp³-hybridized carbons (Fsp3) is 0.375. The summed E-state index contributed by atoms with van der Waals surface area (Å²) in [7, 11) is 0. The number of aryl methyl sites for hydroxylation is 1. The van der Waals surface area contributed by atoms with Gasteiger partial charge >= 0.3 is 0 Å². The summed E-state index contributed by atoms with van der Waals surface area (Å²) in [5.41, 5.74) is 3.20. The minimum atomic E-state index is -0.783. The van der Waals surface area contributed by atoms with Crippen LogP contribution >= 0.6 is 0 Å². The molecule has 2 aromatic heterocycles. The van der Waals surface area contributed by atoms with E-state index in [-0.39, 0.29) is 29.9 Å². The standard InChI is InChI=1S/C32H36N4O4/c1-20(2)17-27(35-32(39)30-21(3)24-10-5-7-13-29(24)40-30)31(38)34-26-12-8-16-36(19-28(26)37)18-23-15-14-22-9-4-6-11-25(22)33-23/h4-7,9-11,13-15,20,26-27H,8,12,16-19H2,1-3H3,(H,34,38)(H,35,39)/t26-,27?/m0/s1. The SMILES string of the molecule is Cc1c(C(=O)NC(CC(C)C)C(=O)N[C@H]2CCCN(Cc3ccc4ccccc4n3)CC2=O)oc2ccccc12. The maximum atomic E-state index is 13.4. The highest BCUT2D eigenvalue weighted by molar-refractivity contribution is 6.01. The molecule has 0 radical (unpaired) electrons. The van der Waals surface area contributed by atoms with Crippen molar-refractivity contribution in [3.63, 3.8) is 0 Å². The van der Waals surface area contributed by atoms with Crippen LogP contribution < -0.4 is 10.6 Å². The molecular weight excluding hydrogens is 504 g/mol. The van der Waals surface area contributed by atoms with Crippen molar-refractivity contribution in [2.24, 2.45) is 5.92 Å². The van der Waals surface area contributed by atoms with Crippen LogP contribution in [0, 0.1) is 12.8 Å². The highest BCUT2D eigenvalue weighted by Crippen LogP contribution is 2.25. The number of Topliss-reactive ketones (excluding diaryl/α,β-unsaturated/α-hetero) is 1. The van der Waals surface area contributed by atoms with E-state index in [1.807, 2.05) is 75.4 Å². The average Bonchev–Trinajstić information content (AvgIpc) is 3.18. The summed E-state index contributed by atoms with van der Waals surface area (Å²) in [6, 6.07) is 18.1. The summed E-state index contributed by atoms with van der Waals surface area (Å²) in [4.78, 5) is 46.6. The molecule has 4 aromatic rings. The number of hydrogen-bond acceptors (Lipinski definition) is 6. The molecule has 1 fully saturated rings. The van der Waals surface area contributed by atoms with Gasteiger partial charge in [0, 0.05) is 22.9 Å². The smallest absolute Gasteiger partial charge is 0.287 e. The molecule has 0 saturated carbocycles. The van der Waals surface area contributed by atoms with Crippen LogP contribution in [-0.2, 0) is 16.1 Å². The number of furan rings is 1. The van der Waals surface area contributed by atoms with Gasteiger partial charge in [-0.25, -0.2) is 0 Å². The molecule has 5 rings (SSSR count). The second-order valence-corrected chi connectivity index (χ2v) is 11.1. The number of rotatable bonds is 8. The molecule has 8 nitrogen and oxygen atoms in total. The molecular formula is C32H36N4O4. The van der Waals surface area contributed by atoms with E-state index < -0.39 is 18.0 Å². The molecule has 1 saturated heterocycles. The van der Waals surface area contributed by atoms with Crippen LogP contribution in [0.15, 0.2) is 65.1 Å². The van der Waals surface area contributed by atoms with E-state index in [0.29, 0.717) is 25.0 Å². The van der Waals surface area contributed by atoms with E-state index in [2.05, 4.69) is 21.6 Å². The number of para-hydroxylation sites is 2. The Morgan fingerprint density at radius 2 is 1.85 bits per heavy atom. The lowest BCUT2D eigenvalue weighted by atomic mass is 10.0. The summed E-state index contributed by atoms with van der Waals surface area (Å²) in [6.07, 6.45) is 1.76. The van der Waals surface area contributed by atoms with Crippen molar-refractivity contribution < 1.29 is 18.8 Å². The average molecular weight is 541 g/mol. The van der Waals surface area contributed by atoms with Gasteiger partial charge in [-0.05, 0) is 56.8 Å². The third-order valence-electron chi connectivity index (χ3n) is 7.47. The highest BCUT2D eigenvalue weighted by atomic mass is 16.3. The van der Waals surface area contributed by atoms with Gasteiger partial charge in [0.25, 0.3) is 5.91 Å². The zero-order valence-corrected chi connectivity index (χ0v) is 23.3. The normalized spacial score (nSPS) is 17.2. The summed E-state index contributed by atoms with van der Waals surface area (Å²) < 4.78 is 5.81. The van der Waals surface area contributed by atoms with Crippen LogP contribution in [0.1, 0.15) is 54.9 Å². The summed E-state index contributed by atoms with van der Waals surface area (Å²) in [6.45, 7) is 7.37.